The molecular weight excluding hydrogens is 318 g/mol. The number of morpholine rings is 1. The zero-order chi connectivity index (χ0) is 17.5. The highest BCUT2D eigenvalue weighted by Gasteiger charge is 2.24. The van der Waals surface area contributed by atoms with Gasteiger partial charge in [-0.2, -0.15) is 5.10 Å². The first-order valence-electron chi connectivity index (χ1n) is 8.46. The fraction of sp³-hybridized carbons (Fsp3) is 0.471. The van der Waals surface area contributed by atoms with Gasteiger partial charge in [-0.05, 0) is 12.1 Å². The van der Waals surface area contributed by atoms with Crippen molar-refractivity contribution < 1.29 is 4.74 Å². The number of aryl methyl sites for hydroxylation is 1. The lowest BCUT2D eigenvalue weighted by Crippen LogP contribution is -2.49. The summed E-state index contributed by atoms with van der Waals surface area (Å²) >= 11 is 0. The number of pyridine rings is 1. The summed E-state index contributed by atoms with van der Waals surface area (Å²) in [6.45, 7) is 3.86. The number of rotatable bonds is 5. The van der Waals surface area contributed by atoms with Gasteiger partial charge < -0.3 is 20.3 Å². The van der Waals surface area contributed by atoms with E-state index in [0.29, 0.717) is 6.61 Å². The minimum absolute atomic E-state index is 0.0240. The molecule has 8 heteroatoms. The first-order valence-corrected chi connectivity index (χ1v) is 8.46. The third kappa shape index (κ3) is 4.69. The van der Waals surface area contributed by atoms with Crippen molar-refractivity contribution in [2.24, 2.45) is 12.0 Å². The van der Waals surface area contributed by atoms with Crippen molar-refractivity contribution in [1.82, 2.24) is 25.0 Å². The van der Waals surface area contributed by atoms with Crippen molar-refractivity contribution in [2.75, 3.05) is 45.2 Å². The van der Waals surface area contributed by atoms with Gasteiger partial charge in [0.05, 0.1) is 19.3 Å². The first kappa shape index (κ1) is 17.2. The van der Waals surface area contributed by atoms with Gasteiger partial charge in [-0.1, -0.05) is 0 Å². The number of nitrogens with zero attached hydrogens (tertiary/aromatic N) is 5. The molecule has 0 bridgehead atoms. The second-order valence-electron chi connectivity index (χ2n) is 5.89. The van der Waals surface area contributed by atoms with E-state index in [-0.39, 0.29) is 6.10 Å². The molecule has 0 aliphatic carbocycles. The van der Waals surface area contributed by atoms with Gasteiger partial charge in [-0.25, -0.2) is 0 Å². The monoisotopic (exact) mass is 343 g/mol. The summed E-state index contributed by atoms with van der Waals surface area (Å²) in [5, 5.41) is 11.0. The van der Waals surface area contributed by atoms with Gasteiger partial charge in [0.2, 0.25) is 0 Å². The molecule has 134 valence electrons. The van der Waals surface area contributed by atoms with E-state index >= 15 is 0 Å². The van der Waals surface area contributed by atoms with E-state index in [0.717, 1.165) is 43.4 Å². The molecule has 0 amide bonds. The molecule has 25 heavy (non-hydrogen) atoms. The average Bonchev–Trinajstić information content (AvgIpc) is 3.09. The molecule has 3 heterocycles. The van der Waals surface area contributed by atoms with E-state index in [4.69, 9.17) is 4.74 Å². The summed E-state index contributed by atoms with van der Waals surface area (Å²) in [6.07, 6.45) is 7.45. The van der Waals surface area contributed by atoms with Crippen LogP contribution in [-0.2, 0) is 11.8 Å². The fourth-order valence-corrected chi connectivity index (χ4v) is 2.83. The Bertz CT molecular complexity index is 685. The molecule has 2 aromatic heterocycles. The number of ether oxygens (including phenoxy) is 1. The van der Waals surface area contributed by atoms with Crippen molar-refractivity contribution in [1.29, 1.82) is 0 Å². The topological polar surface area (TPSA) is 79.6 Å². The molecule has 0 radical (unpaired) electrons. The highest BCUT2D eigenvalue weighted by Crippen LogP contribution is 2.21. The maximum atomic E-state index is 5.89. The van der Waals surface area contributed by atoms with E-state index in [2.05, 4.69) is 30.6 Å². The lowest BCUT2D eigenvalue weighted by Gasteiger charge is -2.34. The minimum Gasteiger partial charge on any atom is -0.383 e. The van der Waals surface area contributed by atoms with E-state index < -0.39 is 0 Å². The third-order valence-electron chi connectivity index (χ3n) is 4.09. The van der Waals surface area contributed by atoms with Crippen LogP contribution in [0, 0.1) is 0 Å². The molecular formula is C17H25N7O. The molecule has 1 saturated heterocycles. The van der Waals surface area contributed by atoms with Gasteiger partial charge in [-0.15, -0.1) is 0 Å². The number of guanidine groups is 1. The van der Waals surface area contributed by atoms with Gasteiger partial charge in [0, 0.05) is 63.6 Å². The predicted octanol–water partition coefficient (Wildman–Crippen LogP) is 0.876. The maximum absolute atomic E-state index is 5.89. The second kappa shape index (κ2) is 8.48. The van der Waals surface area contributed by atoms with Gasteiger partial charge in [-0.3, -0.25) is 14.7 Å². The van der Waals surface area contributed by atoms with Crippen molar-refractivity contribution in [2.45, 2.75) is 6.10 Å². The van der Waals surface area contributed by atoms with Crippen molar-refractivity contribution in [3.05, 3.63) is 42.5 Å². The quantitative estimate of drug-likeness (QED) is 0.477. The van der Waals surface area contributed by atoms with Crippen LogP contribution in [0.5, 0.6) is 0 Å². The highest BCUT2D eigenvalue weighted by atomic mass is 16.5. The highest BCUT2D eigenvalue weighted by molar-refractivity contribution is 5.80. The summed E-state index contributed by atoms with van der Waals surface area (Å²) in [7, 11) is 3.73. The molecule has 1 aliphatic heterocycles. The van der Waals surface area contributed by atoms with E-state index in [1.54, 1.807) is 17.1 Å². The summed E-state index contributed by atoms with van der Waals surface area (Å²) in [6, 6.07) is 3.91. The Balaban J connectivity index is 1.48. The number of nitrogens with one attached hydrogen (secondary N) is 2. The molecule has 8 nitrogen and oxygen atoms in total. The Morgan fingerprint density at radius 1 is 1.36 bits per heavy atom. The normalized spacial score (nSPS) is 18.2. The largest absolute Gasteiger partial charge is 0.383 e. The number of hydrogen-bond donors (Lipinski definition) is 2. The van der Waals surface area contributed by atoms with Crippen LogP contribution < -0.4 is 10.6 Å². The van der Waals surface area contributed by atoms with Gasteiger partial charge >= 0.3 is 0 Å². The van der Waals surface area contributed by atoms with Crippen molar-refractivity contribution in [3.8, 4) is 0 Å². The Morgan fingerprint density at radius 2 is 2.20 bits per heavy atom. The van der Waals surface area contributed by atoms with E-state index in [1.165, 1.54) is 0 Å². The zero-order valence-electron chi connectivity index (χ0n) is 14.7. The molecule has 0 spiro atoms. The maximum Gasteiger partial charge on any atom is 0.193 e. The standard InChI is InChI=1S/C17H25N7O/c1-18-17(21-8-7-20-15-3-5-19-6-4-15)24-9-10-25-16(13-24)14-11-22-23(2)12-14/h3-6,11-12,16H,7-10,13H2,1-2H3,(H,18,21)(H,19,20). The molecule has 2 aromatic rings. The van der Waals surface area contributed by atoms with Crippen LogP contribution in [0.1, 0.15) is 11.7 Å². The van der Waals surface area contributed by atoms with Crippen LogP contribution in [0.25, 0.3) is 0 Å². The number of aliphatic imine (C=N–C) groups is 1. The van der Waals surface area contributed by atoms with E-state index in [1.807, 2.05) is 38.6 Å². The van der Waals surface area contributed by atoms with Crippen LogP contribution in [-0.4, -0.2) is 65.5 Å². The number of anilines is 1. The molecule has 1 atom stereocenters. The Kier molecular flexibility index (Phi) is 5.84. The van der Waals surface area contributed by atoms with E-state index in [9.17, 15) is 0 Å². The zero-order valence-corrected chi connectivity index (χ0v) is 14.7. The fourth-order valence-electron chi connectivity index (χ4n) is 2.83. The molecule has 1 unspecified atom stereocenters. The first-order chi connectivity index (χ1) is 12.3. The van der Waals surface area contributed by atoms with Gasteiger partial charge in [0.25, 0.3) is 0 Å². The molecule has 0 saturated carbocycles. The predicted molar refractivity (Wildman–Crippen MR) is 97.6 cm³/mol. The van der Waals surface area contributed by atoms with Crippen LogP contribution in [0.4, 0.5) is 5.69 Å². The smallest absolute Gasteiger partial charge is 0.193 e. The summed E-state index contributed by atoms with van der Waals surface area (Å²) in [4.78, 5) is 10.6. The summed E-state index contributed by atoms with van der Waals surface area (Å²) < 4.78 is 7.69. The lowest BCUT2D eigenvalue weighted by molar-refractivity contribution is -0.00799. The minimum atomic E-state index is 0.0240. The Morgan fingerprint density at radius 3 is 2.92 bits per heavy atom. The average molecular weight is 343 g/mol. The second-order valence-corrected chi connectivity index (χ2v) is 5.89. The SMILES string of the molecule is CN=C(NCCNc1ccncc1)N1CCOC(c2cnn(C)c2)C1. The molecule has 0 aromatic carbocycles. The lowest BCUT2D eigenvalue weighted by atomic mass is 10.1. The van der Waals surface area contributed by atoms with Gasteiger partial charge in [0.1, 0.15) is 6.10 Å². The number of hydrogen-bond acceptors (Lipinski definition) is 5. The van der Waals surface area contributed by atoms with Crippen molar-refractivity contribution in [3.63, 3.8) is 0 Å². The van der Waals surface area contributed by atoms with Gasteiger partial charge in [0.15, 0.2) is 5.96 Å². The molecule has 3 rings (SSSR count). The summed E-state index contributed by atoms with van der Waals surface area (Å²) in [5.41, 5.74) is 2.16. The molecule has 2 N–H and O–H groups in total. The van der Waals surface area contributed by atoms with Crippen LogP contribution >= 0.6 is 0 Å². The van der Waals surface area contributed by atoms with Crippen LogP contribution in [0.15, 0.2) is 41.9 Å². The van der Waals surface area contributed by atoms with Crippen molar-refractivity contribution >= 4 is 11.6 Å². The Labute approximate surface area is 147 Å². The number of aromatic nitrogens is 3. The van der Waals surface area contributed by atoms with Crippen LogP contribution in [0.2, 0.25) is 0 Å². The summed E-state index contributed by atoms with van der Waals surface area (Å²) in [5.74, 6) is 0.897. The molecule has 1 fully saturated rings. The van der Waals surface area contributed by atoms with Crippen LogP contribution in [0.3, 0.4) is 0 Å². The third-order valence-corrected chi connectivity index (χ3v) is 4.09. The molecule has 1 aliphatic rings. The Hall–Kier alpha value is -2.61.